The molecule has 6 N–H and O–H groups in total. The molecule has 24 heteroatoms. The van der Waals surface area contributed by atoms with Gasteiger partial charge in [-0.2, -0.15) is 0 Å². The van der Waals surface area contributed by atoms with Gasteiger partial charge in [0.25, 0.3) is 0 Å². The molecule has 1 heterocycles. The van der Waals surface area contributed by atoms with Crippen LogP contribution >= 0.6 is 0 Å². The van der Waals surface area contributed by atoms with E-state index in [1.165, 1.54) is 99.5 Å². The standard InChI is InChI=1S/C60H109N11O13/c1-31(2)25-42-53(77)64-48(35(9)10)59(83)67(20)43(26-32(3)4)52(76)61-39(15)51(75)62-41(17)56(80)68(21)44(27-33(5)6)57(81)69(22)45(28-34(7)8)58(82)70(23)49(36(11)12)60(84)71(24)50(38(14)37(13)29-47(73)74)54(78)63-40(16)55(79)65(18)30-46(72)66(42)19/h31-45,47-50,73-74H,25-30H2,1-24H3,(H,61,76)(H,62,75)(H,63,78)(H,64,77)/t37-,38-,39-,40-,41-,42+,43-,44-,45-,48-,49-,50-/m1/s1. The summed E-state index contributed by atoms with van der Waals surface area (Å²) in [5, 5.41) is 31.0. The first-order valence-corrected chi connectivity index (χ1v) is 29.9. The number of hydrogen-bond donors (Lipinski definition) is 6. The number of nitrogens with zero attached hydrogens (tertiary/aromatic N) is 7. The second kappa shape index (κ2) is 33.7. The molecule has 1 saturated heterocycles. The molecule has 12 atom stereocenters. The number of nitrogens with one attached hydrogen (secondary N) is 4. The molecule has 0 aliphatic carbocycles. The number of carbonyl (C=O) groups excluding carboxylic acids is 11. The molecule has 482 valence electrons. The Kier molecular flexibility index (Phi) is 30.5. The fourth-order valence-corrected chi connectivity index (χ4v) is 10.8. The molecule has 24 nitrogen and oxygen atoms in total. The van der Waals surface area contributed by atoms with Gasteiger partial charge >= 0.3 is 0 Å². The van der Waals surface area contributed by atoms with E-state index in [-0.39, 0.29) is 55.8 Å². The van der Waals surface area contributed by atoms with E-state index >= 15 is 9.59 Å². The second-order valence-electron chi connectivity index (χ2n) is 26.1. The van der Waals surface area contributed by atoms with Crippen LogP contribution in [0.15, 0.2) is 0 Å². The molecule has 0 radical (unpaired) electrons. The summed E-state index contributed by atoms with van der Waals surface area (Å²) in [6.07, 6.45) is -1.35. The minimum Gasteiger partial charge on any atom is -0.368 e. The minimum atomic E-state index is -1.77. The Bertz CT molecular complexity index is 2280. The topological polar surface area (TPSA) is 299 Å². The van der Waals surface area contributed by atoms with E-state index in [2.05, 4.69) is 21.3 Å². The molecule has 1 aliphatic heterocycles. The van der Waals surface area contributed by atoms with Crippen LogP contribution in [-0.4, -0.2) is 232 Å². The van der Waals surface area contributed by atoms with Crippen molar-refractivity contribution in [3.05, 3.63) is 0 Å². The van der Waals surface area contributed by atoms with Crippen LogP contribution < -0.4 is 21.3 Å². The average molecular weight is 1190 g/mol. The van der Waals surface area contributed by atoms with E-state index in [1.807, 2.05) is 55.4 Å². The van der Waals surface area contributed by atoms with Crippen LogP contribution in [0, 0.1) is 47.3 Å². The van der Waals surface area contributed by atoms with Gasteiger partial charge in [-0.05, 0) is 93.8 Å². The molecule has 11 amide bonds. The molecule has 1 aliphatic rings. The normalized spacial score (nSPS) is 27.1. The lowest BCUT2D eigenvalue weighted by molar-refractivity contribution is -0.156. The highest BCUT2D eigenvalue weighted by Crippen LogP contribution is 2.28. The van der Waals surface area contributed by atoms with Gasteiger partial charge in [-0.25, -0.2) is 0 Å². The molecule has 0 unspecified atom stereocenters. The van der Waals surface area contributed by atoms with E-state index in [9.17, 15) is 53.4 Å². The van der Waals surface area contributed by atoms with Gasteiger partial charge in [0.05, 0.1) is 6.54 Å². The van der Waals surface area contributed by atoms with Crippen molar-refractivity contribution in [2.24, 2.45) is 47.3 Å². The Morgan fingerprint density at radius 1 is 0.393 bits per heavy atom. The average Bonchev–Trinajstić information content (AvgIpc) is 2.74. The van der Waals surface area contributed by atoms with Crippen molar-refractivity contribution >= 4 is 65.0 Å². The van der Waals surface area contributed by atoms with Gasteiger partial charge in [-0.15, -0.1) is 0 Å². The molecule has 0 saturated carbocycles. The van der Waals surface area contributed by atoms with Crippen LogP contribution in [0.25, 0.3) is 0 Å². The quantitative estimate of drug-likeness (QED) is 0.136. The Labute approximate surface area is 501 Å². The number of aliphatic hydroxyl groups excluding tert-OH is 1. The van der Waals surface area contributed by atoms with E-state index < -0.39 is 162 Å². The van der Waals surface area contributed by atoms with Crippen LogP contribution in [0.1, 0.15) is 150 Å². The van der Waals surface area contributed by atoms with Crippen LogP contribution in [0.5, 0.6) is 0 Å². The van der Waals surface area contributed by atoms with Gasteiger partial charge in [0.2, 0.25) is 65.0 Å². The van der Waals surface area contributed by atoms with E-state index in [4.69, 9.17) is 0 Å². The lowest BCUT2D eigenvalue weighted by atomic mass is 9.84. The summed E-state index contributed by atoms with van der Waals surface area (Å²) in [5.41, 5.74) is 0. The van der Waals surface area contributed by atoms with Crippen molar-refractivity contribution in [1.29, 1.82) is 0 Å². The lowest BCUT2D eigenvalue weighted by Crippen LogP contribution is -2.62. The van der Waals surface area contributed by atoms with Gasteiger partial charge in [-0.1, -0.05) is 96.9 Å². The Hall–Kier alpha value is -5.91. The number of likely N-dealkylation sites (N-methyl/N-ethyl adjacent to an activating group) is 7. The van der Waals surface area contributed by atoms with Gasteiger partial charge < -0.3 is 65.8 Å². The van der Waals surface area contributed by atoms with Crippen molar-refractivity contribution in [3.8, 4) is 0 Å². The monoisotopic (exact) mass is 1190 g/mol. The third-order valence-electron chi connectivity index (χ3n) is 16.1. The summed E-state index contributed by atoms with van der Waals surface area (Å²) in [5.74, 6) is -10.4. The zero-order chi connectivity index (χ0) is 65.4. The first kappa shape index (κ1) is 76.1. The maximum Gasteiger partial charge on any atom is 0.246 e. The molecule has 0 spiro atoms. The van der Waals surface area contributed by atoms with Gasteiger partial charge in [0.1, 0.15) is 60.4 Å². The van der Waals surface area contributed by atoms with E-state index in [0.29, 0.717) is 0 Å². The Morgan fingerprint density at radius 2 is 0.762 bits per heavy atom. The number of amides is 11. The first-order valence-electron chi connectivity index (χ1n) is 29.9. The predicted octanol–water partition coefficient (Wildman–Crippen LogP) is 1.89. The predicted molar refractivity (Wildman–Crippen MR) is 320 cm³/mol. The fourth-order valence-electron chi connectivity index (χ4n) is 10.8. The molecular formula is C60H109N11O13. The van der Waals surface area contributed by atoms with Crippen LogP contribution in [0.4, 0.5) is 0 Å². The number of rotatable bonds is 14. The maximum absolute atomic E-state index is 15.1. The van der Waals surface area contributed by atoms with Crippen molar-refractivity contribution in [1.82, 2.24) is 55.6 Å². The lowest BCUT2D eigenvalue weighted by Gasteiger charge is -2.42. The summed E-state index contributed by atoms with van der Waals surface area (Å²) in [6.45, 7) is 28.8. The highest BCUT2D eigenvalue weighted by atomic mass is 16.5. The summed E-state index contributed by atoms with van der Waals surface area (Å²) < 4.78 is 0. The van der Waals surface area contributed by atoms with Crippen molar-refractivity contribution in [2.45, 2.75) is 217 Å². The molecule has 0 bridgehead atoms. The fraction of sp³-hybridized carbons (Fsp3) is 0.817. The zero-order valence-electron chi connectivity index (χ0n) is 55.2. The molecule has 0 aromatic rings. The Balaban J connectivity index is 4.28. The number of aliphatic hydroxyl groups is 2. The van der Waals surface area contributed by atoms with Crippen molar-refractivity contribution in [3.63, 3.8) is 0 Å². The molecule has 1 fully saturated rings. The largest absolute Gasteiger partial charge is 0.368 e. The van der Waals surface area contributed by atoms with Gasteiger partial charge in [-0.3, -0.25) is 52.7 Å². The van der Waals surface area contributed by atoms with Crippen LogP contribution in [-0.2, 0) is 52.7 Å². The highest BCUT2D eigenvalue weighted by molar-refractivity contribution is 5.99. The minimum absolute atomic E-state index is 0.133. The number of carbonyl (C=O) groups is 11. The van der Waals surface area contributed by atoms with E-state index in [0.717, 1.165) is 4.90 Å². The number of hydrogen-bond acceptors (Lipinski definition) is 13. The summed E-state index contributed by atoms with van der Waals surface area (Å²) in [6, 6.07) is -12.1. The molecule has 0 aromatic heterocycles. The molecule has 0 aromatic carbocycles. The summed E-state index contributed by atoms with van der Waals surface area (Å²) in [4.78, 5) is 168. The van der Waals surface area contributed by atoms with Crippen LogP contribution in [0.2, 0.25) is 0 Å². The smallest absolute Gasteiger partial charge is 0.246 e. The summed E-state index contributed by atoms with van der Waals surface area (Å²) >= 11 is 0. The second-order valence-corrected chi connectivity index (χ2v) is 26.1. The molecule has 1 rings (SSSR count). The SMILES string of the molecule is CC(C)C[C@@H]1C(=O)N(C)[C@H](C(C)C)C(=O)N(C)[C@H]([C@H](C)[C@H](C)CC(O)O)C(=O)N[C@H](C)C(=O)N(C)CC(=O)N(C)[C@@H](CC(C)C)C(=O)N[C@H](C(C)C)C(=O)N(C)[C@H](CC(C)C)C(=O)N[C@H](C)C(=O)N[C@H](C)C(=O)N(C)[C@H](CC(C)C)C(=O)N1C. The maximum atomic E-state index is 15.1. The zero-order valence-corrected chi connectivity index (χ0v) is 55.2. The van der Waals surface area contributed by atoms with Gasteiger partial charge in [0.15, 0.2) is 6.29 Å². The molecule has 84 heavy (non-hydrogen) atoms. The van der Waals surface area contributed by atoms with E-state index in [1.54, 1.807) is 41.5 Å². The van der Waals surface area contributed by atoms with Crippen LogP contribution in [0.3, 0.4) is 0 Å². The van der Waals surface area contributed by atoms with Crippen molar-refractivity contribution in [2.75, 3.05) is 55.9 Å². The first-order chi connectivity index (χ1) is 38.5. The highest BCUT2D eigenvalue weighted by Gasteiger charge is 2.45. The van der Waals surface area contributed by atoms with Crippen molar-refractivity contribution < 1.29 is 63.0 Å². The van der Waals surface area contributed by atoms with Gasteiger partial charge in [0, 0.05) is 55.8 Å². The third-order valence-corrected chi connectivity index (χ3v) is 16.1. The summed E-state index contributed by atoms with van der Waals surface area (Å²) in [7, 11) is 9.90. The Morgan fingerprint density at radius 3 is 1.20 bits per heavy atom. The molecular weight excluding hydrogens is 1080 g/mol. The third kappa shape index (κ3) is 21.3.